The summed E-state index contributed by atoms with van der Waals surface area (Å²) in [6.45, 7) is 0.545. The molecule has 0 aliphatic rings. The van der Waals surface area contributed by atoms with Crippen molar-refractivity contribution in [3.05, 3.63) is 16.4 Å². The van der Waals surface area contributed by atoms with Crippen molar-refractivity contribution in [1.82, 2.24) is 9.97 Å². The Morgan fingerprint density at radius 1 is 1.67 bits per heavy atom. The lowest BCUT2D eigenvalue weighted by molar-refractivity contribution is 0.943. The first-order chi connectivity index (χ1) is 5.72. The summed E-state index contributed by atoms with van der Waals surface area (Å²) in [6.07, 6.45) is 0. The zero-order valence-electron chi connectivity index (χ0n) is 6.41. The molecule has 1 aromatic rings. The van der Waals surface area contributed by atoms with Gasteiger partial charge < -0.3 is 16.5 Å². The van der Waals surface area contributed by atoms with Gasteiger partial charge in [0.05, 0.1) is 0 Å². The fourth-order valence-corrected chi connectivity index (χ4v) is 1.33. The molecular formula is C6H10N4OS. The monoisotopic (exact) mass is 186 g/mol. The van der Waals surface area contributed by atoms with Gasteiger partial charge in [-0.1, -0.05) is 11.8 Å². The highest BCUT2D eigenvalue weighted by molar-refractivity contribution is 7.99. The van der Waals surface area contributed by atoms with Crippen LogP contribution in [0.15, 0.2) is 16.0 Å². The Morgan fingerprint density at radius 3 is 3.00 bits per heavy atom. The highest BCUT2D eigenvalue weighted by atomic mass is 32.2. The van der Waals surface area contributed by atoms with E-state index in [4.69, 9.17) is 11.5 Å². The molecule has 12 heavy (non-hydrogen) atoms. The minimum Gasteiger partial charge on any atom is -0.383 e. The van der Waals surface area contributed by atoms with Crippen LogP contribution in [0.25, 0.3) is 0 Å². The average molecular weight is 186 g/mol. The van der Waals surface area contributed by atoms with Gasteiger partial charge in [0.25, 0.3) is 5.56 Å². The van der Waals surface area contributed by atoms with Crippen LogP contribution in [0.4, 0.5) is 5.82 Å². The summed E-state index contributed by atoms with van der Waals surface area (Å²) in [5.41, 5.74) is 10.4. The van der Waals surface area contributed by atoms with E-state index in [1.165, 1.54) is 17.8 Å². The first-order valence-corrected chi connectivity index (χ1v) is 4.40. The van der Waals surface area contributed by atoms with Crippen LogP contribution in [-0.2, 0) is 0 Å². The smallest absolute Gasteiger partial charge is 0.253 e. The van der Waals surface area contributed by atoms with Crippen molar-refractivity contribution in [3.63, 3.8) is 0 Å². The molecule has 6 heteroatoms. The van der Waals surface area contributed by atoms with Crippen LogP contribution in [0.3, 0.4) is 0 Å². The summed E-state index contributed by atoms with van der Waals surface area (Å²) >= 11 is 1.38. The first kappa shape index (κ1) is 9.08. The number of anilines is 1. The van der Waals surface area contributed by atoms with Gasteiger partial charge in [0.2, 0.25) is 0 Å². The van der Waals surface area contributed by atoms with Crippen molar-refractivity contribution in [2.75, 3.05) is 18.0 Å². The Hall–Kier alpha value is -1.01. The predicted molar refractivity (Wildman–Crippen MR) is 49.0 cm³/mol. The Bertz CT molecular complexity index is 311. The van der Waals surface area contributed by atoms with E-state index in [0.29, 0.717) is 17.5 Å². The summed E-state index contributed by atoms with van der Waals surface area (Å²) in [4.78, 5) is 17.3. The molecule has 1 rings (SSSR count). The molecule has 0 radical (unpaired) electrons. The van der Waals surface area contributed by atoms with Crippen molar-refractivity contribution >= 4 is 17.6 Å². The third-order valence-corrected chi connectivity index (χ3v) is 2.00. The van der Waals surface area contributed by atoms with Gasteiger partial charge in [-0.05, 0) is 0 Å². The molecule has 0 saturated carbocycles. The normalized spacial score (nSPS) is 10.1. The SMILES string of the molecule is NCCSc1nc(N)cc(=O)[nH]1. The Kier molecular flexibility index (Phi) is 3.12. The number of nitrogens with zero attached hydrogens (tertiary/aromatic N) is 1. The molecule has 1 aromatic heterocycles. The number of nitrogen functional groups attached to an aromatic ring is 1. The maximum atomic E-state index is 10.9. The number of aromatic nitrogens is 2. The lowest BCUT2D eigenvalue weighted by atomic mass is 10.6. The third-order valence-electron chi connectivity index (χ3n) is 1.10. The van der Waals surface area contributed by atoms with E-state index in [-0.39, 0.29) is 11.4 Å². The largest absolute Gasteiger partial charge is 0.383 e. The number of H-pyrrole nitrogens is 1. The third kappa shape index (κ3) is 2.55. The van der Waals surface area contributed by atoms with Crippen LogP contribution in [0.5, 0.6) is 0 Å². The van der Waals surface area contributed by atoms with Crippen LogP contribution in [-0.4, -0.2) is 22.3 Å². The van der Waals surface area contributed by atoms with Gasteiger partial charge >= 0.3 is 0 Å². The van der Waals surface area contributed by atoms with Crippen LogP contribution >= 0.6 is 11.8 Å². The van der Waals surface area contributed by atoms with Crippen LogP contribution in [0.1, 0.15) is 0 Å². The molecule has 0 aliphatic carbocycles. The lowest BCUT2D eigenvalue weighted by Gasteiger charge is -1.98. The zero-order valence-corrected chi connectivity index (χ0v) is 7.23. The fraction of sp³-hybridized carbons (Fsp3) is 0.333. The summed E-state index contributed by atoms with van der Waals surface area (Å²) in [5.74, 6) is 0.949. The summed E-state index contributed by atoms with van der Waals surface area (Å²) in [5, 5.41) is 0.519. The van der Waals surface area contributed by atoms with Crippen molar-refractivity contribution in [3.8, 4) is 0 Å². The maximum Gasteiger partial charge on any atom is 0.253 e. The number of thioether (sulfide) groups is 1. The van der Waals surface area contributed by atoms with Gasteiger partial charge in [0.15, 0.2) is 5.16 Å². The van der Waals surface area contributed by atoms with E-state index in [1.54, 1.807) is 0 Å². The molecule has 0 unspecified atom stereocenters. The molecule has 0 aliphatic heterocycles. The number of aromatic amines is 1. The molecule has 0 amide bonds. The van der Waals surface area contributed by atoms with Crippen LogP contribution in [0, 0.1) is 0 Å². The highest BCUT2D eigenvalue weighted by Crippen LogP contribution is 2.09. The predicted octanol–water partition coefficient (Wildman–Crippen LogP) is -0.597. The molecule has 5 nitrogen and oxygen atoms in total. The molecule has 0 aromatic carbocycles. The van der Waals surface area contributed by atoms with E-state index in [0.717, 1.165) is 0 Å². The quantitative estimate of drug-likeness (QED) is 0.432. The standard InChI is InChI=1S/C6H10N4OS/c7-1-2-12-6-9-4(8)3-5(11)10-6/h3H,1-2,7H2,(H3,8,9,10,11). The highest BCUT2D eigenvalue weighted by Gasteiger charge is 1.97. The molecule has 5 N–H and O–H groups in total. The van der Waals surface area contributed by atoms with E-state index in [1.807, 2.05) is 0 Å². The Balaban J connectivity index is 2.79. The van der Waals surface area contributed by atoms with Crippen molar-refractivity contribution in [2.24, 2.45) is 5.73 Å². The molecule has 0 atom stereocenters. The first-order valence-electron chi connectivity index (χ1n) is 3.42. The summed E-state index contributed by atoms with van der Waals surface area (Å²) in [7, 11) is 0. The minimum absolute atomic E-state index is 0.234. The zero-order chi connectivity index (χ0) is 8.97. The molecule has 0 spiro atoms. The van der Waals surface area contributed by atoms with Gasteiger partial charge in [-0.3, -0.25) is 4.79 Å². The number of hydrogen-bond donors (Lipinski definition) is 3. The van der Waals surface area contributed by atoms with Crippen molar-refractivity contribution in [1.29, 1.82) is 0 Å². The molecule has 0 bridgehead atoms. The second kappa shape index (κ2) is 4.13. The topological polar surface area (TPSA) is 97.8 Å². The van der Waals surface area contributed by atoms with E-state index in [9.17, 15) is 4.79 Å². The fourth-order valence-electron chi connectivity index (χ4n) is 0.677. The second-order valence-corrected chi connectivity index (χ2v) is 3.20. The van der Waals surface area contributed by atoms with Crippen LogP contribution < -0.4 is 17.0 Å². The van der Waals surface area contributed by atoms with Gasteiger partial charge in [-0.25, -0.2) is 4.98 Å². The molecule has 0 fully saturated rings. The van der Waals surface area contributed by atoms with Crippen LogP contribution in [0.2, 0.25) is 0 Å². The second-order valence-electron chi connectivity index (χ2n) is 2.11. The maximum absolute atomic E-state index is 10.9. The molecule has 66 valence electrons. The summed E-state index contributed by atoms with van der Waals surface area (Å²) < 4.78 is 0. The van der Waals surface area contributed by atoms with Gasteiger partial charge in [-0.2, -0.15) is 0 Å². The Labute approximate surface area is 73.6 Å². The van der Waals surface area contributed by atoms with E-state index >= 15 is 0 Å². The van der Waals surface area contributed by atoms with E-state index in [2.05, 4.69) is 9.97 Å². The molecule has 0 saturated heterocycles. The number of nitrogens with two attached hydrogens (primary N) is 2. The lowest BCUT2D eigenvalue weighted by Crippen LogP contribution is -2.10. The van der Waals surface area contributed by atoms with Crippen molar-refractivity contribution < 1.29 is 0 Å². The molecule has 1 heterocycles. The minimum atomic E-state index is -0.234. The Morgan fingerprint density at radius 2 is 2.42 bits per heavy atom. The number of nitrogens with one attached hydrogen (secondary N) is 1. The summed E-state index contributed by atoms with van der Waals surface area (Å²) in [6, 6.07) is 1.24. The van der Waals surface area contributed by atoms with E-state index < -0.39 is 0 Å². The van der Waals surface area contributed by atoms with Crippen molar-refractivity contribution in [2.45, 2.75) is 5.16 Å². The van der Waals surface area contributed by atoms with Gasteiger partial charge in [0.1, 0.15) is 5.82 Å². The molecular weight excluding hydrogens is 176 g/mol. The number of rotatable bonds is 3. The van der Waals surface area contributed by atoms with Gasteiger partial charge in [-0.15, -0.1) is 0 Å². The number of hydrogen-bond acceptors (Lipinski definition) is 5. The average Bonchev–Trinajstić information content (AvgIpc) is 1.99. The van der Waals surface area contributed by atoms with Gasteiger partial charge in [0, 0.05) is 18.4 Å².